The molecule has 3 aromatic rings. The van der Waals surface area contributed by atoms with Crippen LogP contribution in [0.25, 0.3) is 22.2 Å². The van der Waals surface area contributed by atoms with Crippen LogP contribution >= 0.6 is 0 Å². The van der Waals surface area contributed by atoms with E-state index in [1.54, 1.807) is 12.3 Å². The predicted molar refractivity (Wildman–Crippen MR) is 65.0 cm³/mol. The van der Waals surface area contributed by atoms with E-state index in [-0.39, 0.29) is 5.82 Å². The fourth-order valence-electron chi connectivity index (χ4n) is 2.12. The molecule has 2 aromatic heterocycles. The summed E-state index contributed by atoms with van der Waals surface area (Å²) in [5, 5.41) is 7.70. The summed E-state index contributed by atoms with van der Waals surface area (Å²) in [6.45, 7) is 1.92. The third-order valence-corrected chi connectivity index (χ3v) is 2.87. The summed E-state index contributed by atoms with van der Waals surface area (Å²) in [6, 6.07) is 4.65. The van der Waals surface area contributed by atoms with Crippen molar-refractivity contribution < 1.29 is 4.39 Å². The molecule has 4 N–H and O–H groups in total. The second-order valence-corrected chi connectivity index (χ2v) is 4.02. The van der Waals surface area contributed by atoms with E-state index in [4.69, 9.17) is 5.73 Å². The lowest BCUT2D eigenvalue weighted by Gasteiger charge is -1.99. The Kier molecular flexibility index (Phi) is 1.95. The standard InChI is InChI=1S/C12H11FN4/c1-6-11(12-9(14)5-15-17-12)8-3-2-7(13)4-10(8)16-6/h2-5,16H,14H2,1H3,(H,15,17). The van der Waals surface area contributed by atoms with Crippen molar-refractivity contribution in [3.63, 3.8) is 0 Å². The third kappa shape index (κ3) is 1.39. The molecule has 0 amide bonds. The van der Waals surface area contributed by atoms with E-state index in [2.05, 4.69) is 15.2 Å². The molecule has 0 saturated carbocycles. The second-order valence-electron chi connectivity index (χ2n) is 4.02. The third-order valence-electron chi connectivity index (χ3n) is 2.87. The van der Waals surface area contributed by atoms with E-state index in [1.807, 2.05) is 6.92 Å². The van der Waals surface area contributed by atoms with Crippen molar-refractivity contribution in [1.82, 2.24) is 15.2 Å². The van der Waals surface area contributed by atoms with Crippen LogP contribution in [0.5, 0.6) is 0 Å². The number of anilines is 1. The molecule has 17 heavy (non-hydrogen) atoms. The highest BCUT2D eigenvalue weighted by molar-refractivity contribution is 5.98. The van der Waals surface area contributed by atoms with Crippen molar-refractivity contribution in [1.29, 1.82) is 0 Å². The number of aryl methyl sites for hydroxylation is 1. The monoisotopic (exact) mass is 230 g/mol. The van der Waals surface area contributed by atoms with Gasteiger partial charge in [-0.2, -0.15) is 5.10 Å². The molecule has 4 nitrogen and oxygen atoms in total. The molecular weight excluding hydrogens is 219 g/mol. The number of halogens is 1. The molecule has 1 aromatic carbocycles. The molecular formula is C12H11FN4. The average molecular weight is 230 g/mol. The highest BCUT2D eigenvalue weighted by atomic mass is 19.1. The van der Waals surface area contributed by atoms with Crippen LogP contribution in [0.4, 0.5) is 10.1 Å². The quantitative estimate of drug-likeness (QED) is 0.601. The Labute approximate surface area is 96.6 Å². The topological polar surface area (TPSA) is 70.5 Å². The highest BCUT2D eigenvalue weighted by Gasteiger charge is 2.14. The maximum atomic E-state index is 13.1. The SMILES string of the molecule is Cc1[nH]c2cc(F)ccc2c1-c1[nH]ncc1N. The van der Waals surface area contributed by atoms with E-state index < -0.39 is 0 Å². The predicted octanol–water partition coefficient (Wildman–Crippen LogP) is 2.59. The molecule has 3 rings (SSSR count). The lowest BCUT2D eigenvalue weighted by atomic mass is 10.1. The van der Waals surface area contributed by atoms with Gasteiger partial charge in [-0.3, -0.25) is 5.10 Å². The van der Waals surface area contributed by atoms with Gasteiger partial charge in [0, 0.05) is 22.2 Å². The number of H-pyrrole nitrogens is 2. The van der Waals surface area contributed by atoms with Crippen molar-refractivity contribution in [2.75, 3.05) is 5.73 Å². The maximum Gasteiger partial charge on any atom is 0.125 e. The number of aromatic nitrogens is 3. The second kappa shape index (κ2) is 3.35. The highest BCUT2D eigenvalue weighted by Crippen LogP contribution is 2.33. The molecule has 86 valence electrons. The zero-order valence-electron chi connectivity index (χ0n) is 9.21. The number of rotatable bonds is 1. The molecule has 0 fully saturated rings. The van der Waals surface area contributed by atoms with Crippen molar-refractivity contribution >= 4 is 16.6 Å². The minimum absolute atomic E-state index is 0.261. The Morgan fingerprint density at radius 2 is 2.18 bits per heavy atom. The van der Waals surface area contributed by atoms with Gasteiger partial charge in [-0.1, -0.05) is 0 Å². The summed E-state index contributed by atoms with van der Waals surface area (Å²) >= 11 is 0. The summed E-state index contributed by atoms with van der Waals surface area (Å²) in [5.41, 5.74) is 9.81. The number of fused-ring (bicyclic) bond motifs is 1. The number of hydrogen-bond donors (Lipinski definition) is 3. The fraction of sp³-hybridized carbons (Fsp3) is 0.0833. The van der Waals surface area contributed by atoms with Crippen LogP contribution in [0, 0.1) is 12.7 Å². The first-order valence-corrected chi connectivity index (χ1v) is 5.24. The van der Waals surface area contributed by atoms with Crippen LogP contribution in [0.1, 0.15) is 5.69 Å². The molecule has 0 aliphatic heterocycles. The molecule has 5 heteroatoms. The average Bonchev–Trinajstić information content (AvgIpc) is 2.80. The van der Waals surface area contributed by atoms with E-state index in [0.717, 1.165) is 27.9 Å². The van der Waals surface area contributed by atoms with Crippen LogP contribution < -0.4 is 5.73 Å². The minimum atomic E-state index is -0.261. The lowest BCUT2D eigenvalue weighted by Crippen LogP contribution is -1.87. The Hall–Kier alpha value is -2.30. The number of aromatic amines is 2. The van der Waals surface area contributed by atoms with Gasteiger partial charge in [0.2, 0.25) is 0 Å². The van der Waals surface area contributed by atoms with Gasteiger partial charge in [0.25, 0.3) is 0 Å². The Morgan fingerprint density at radius 3 is 2.88 bits per heavy atom. The molecule has 0 bridgehead atoms. The Balaban J connectivity index is 2.37. The number of nitrogens with two attached hydrogens (primary N) is 1. The first-order chi connectivity index (χ1) is 8.16. The van der Waals surface area contributed by atoms with E-state index >= 15 is 0 Å². The fourth-order valence-corrected chi connectivity index (χ4v) is 2.12. The summed E-state index contributed by atoms with van der Waals surface area (Å²) in [6.07, 6.45) is 1.57. The molecule has 0 radical (unpaired) electrons. The molecule has 0 unspecified atom stereocenters. The van der Waals surface area contributed by atoms with Gasteiger partial charge in [-0.15, -0.1) is 0 Å². The zero-order chi connectivity index (χ0) is 12.0. The zero-order valence-corrected chi connectivity index (χ0v) is 9.21. The number of hydrogen-bond acceptors (Lipinski definition) is 2. The van der Waals surface area contributed by atoms with Crippen LogP contribution in [-0.4, -0.2) is 15.2 Å². The molecule has 0 aliphatic carbocycles. The van der Waals surface area contributed by atoms with Gasteiger partial charge in [-0.25, -0.2) is 4.39 Å². The van der Waals surface area contributed by atoms with Crippen LogP contribution in [0.15, 0.2) is 24.4 Å². The first kappa shape index (κ1) is 9.89. The van der Waals surface area contributed by atoms with Crippen molar-refractivity contribution in [2.24, 2.45) is 0 Å². The largest absolute Gasteiger partial charge is 0.396 e. The number of nitrogens with zero attached hydrogens (tertiary/aromatic N) is 1. The minimum Gasteiger partial charge on any atom is -0.396 e. The number of benzene rings is 1. The lowest BCUT2D eigenvalue weighted by molar-refractivity contribution is 0.629. The van der Waals surface area contributed by atoms with E-state index in [1.165, 1.54) is 12.1 Å². The maximum absolute atomic E-state index is 13.1. The van der Waals surface area contributed by atoms with Crippen LogP contribution in [0.2, 0.25) is 0 Å². The number of nitrogens with one attached hydrogen (secondary N) is 2. The van der Waals surface area contributed by atoms with Crippen molar-refractivity contribution in [2.45, 2.75) is 6.92 Å². The van der Waals surface area contributed by atoms with Gasteiger partial charge in [0.1, 0.15) is 5.82 Å². The van der Waals surface area contributed by atoms with E-state index in [9.17, 15) is 4.39 Å². The summed E-state index contributed by atoms with van der Waals surface area (Å²) in [5.74, 6) is -0.261. The summed E-state index contributed by atoms with van der Waals surface area (Å²) < 4.78 is 13.1. The molecule has 0 aliphatic rings. The molecule has 2 heterocycles. The molecule has 0 spiro atoms. The Bertz CT molecular complexity index is 696. The normalized spacial score (nSPS) is 11.2. The molecule has 0 atom stereocenters. The number of nitrogen functional groups attached to an aromatic ring is 1. The van der Waals surface area contributed by atoms with E-state index in [0.29, 0.717) is 5.69 Å². The van der Waals surface area contributed by atoms with Crippen molar-refractivity contribution in [3.8, 4) is 11.3 Å². The summed E-state index contributed by atoms with van der Waals surface area (Å²) in [7, 11) is 0. The van der Waals surface area contributed by atoms with Gasteiger partial charge in [-0.05, 0) is 25.1 Å². The smallest absolute Gasteiger partial charge is 0.125 e. The molecule has 0 saturated heterocycles. The van der Waals surface area contributed by atoms with Gasteiger partial charge >= 0.3 is 0 Å². The van der Waals surface area contributed by atoms with Crippen LogP contribution in [-0.2, 0) is 0 Å². The van der Waals surface area contributed by atoms with Gasteiger partial charge in [0.05, 0.1) is 17.6 Å². The summed E-state index contributed by atoms with van der Waals surface area (Å²) in [4.78, 5) is 3.14. The van der Waals surface area contributed by atoms with Crippen LogP contribution in [0.3, 0.4) is 0 Å². The van der Waals surface area contributed by atoms with Gasteiger partial charge in [0.15, 0.2) is 0 Å². The van der Waals surface area contributed by atoms with Crippen molar-refractivity contribution in [3.05, 3.63) is 35.9 Å². The first-order valence-electron chi connectivity index (χ1n) is 5.24. The Morgan fingerprint density at radius 1 is 1.35 bits per heavy atom. The van der Waals surface area contributed by atoms with Gasteiger partial charge < -0.3 is 10.7 Å².